The first kappa shape index (κ1) is 45.6. The van der Waals surface area contributed by atoms with Crippen LogP contribution in [0.5, 0.6) is 0 Å². The molecule has 1 aliphatic heterocycles. The minimum absolute atomic E-state index is 0. The van der Waals surface area contributed by atoms with Crippen molar-refractivity contribution in [3.05, 3.63) is 130 Å². The molecule has 0 N–H and O–H groups in total. The summed E-state index contributed by atoms with van der Waals surface area (Å²) in [5.74, 6) is 0.296. The fraction of sp³-hybridized carbons (Fsp3) is 0.306. The van der Waals surface area contributed by atoms with E-state index in [9.17, 15) is 4.79 Å². The number of hydrogen-bond acceptors (Lipinski definition) is 2. The first-order valence-electron chi connectivity index (χ1n) is 13.6. The minimum atomic E-state index is 0. The van der Waals surface area contributed by atoms with Gasteiger partial charge in [-0.1, -0.05) is 134 Å². The van der Waals surface area contributed by atoms with E-state index in [0.717, 1.165) is 10.5 Å². The number of fused-ring (bicyclic) bond motifs is 2. The number of carbonyl (C=O) groups excluding carboxylic acids is 1. The Balaban J connectivity index is -0.000000245. The zero-order valence-electron chi connectivity index (χ0n) is 26.8. The van der Waals surface area contributed by atoms with Crippen LogP contribution < -0.4 is 0 Å². The second-order valence-electron chi connectivity index (χ2n) is 6.87. The molecule has 0 aromatic heterocycles. The summed E-state index contributed by atoms with van der Waals surface area (Å²) in [4.78, 5) is 16.1. The molecule has 0 fully saturated rings. The summed E-state index contributed by atoms with van der Waals surface area (Å²) in [6.45, 7) is 16.0. The van der Waals surface area contributed by atoms with Gasteiger partial charge in [-0.3, -0.25) is 4.79 Å². The van der Waals surface area contributed by atoms with E-state index in [2.05, 4.69) is 73.0 Å². The van der Waals surface area contributed by atoms with Crippen molar-refractivity contribution in [2.75, 3.05) is 6.26 Å². The first-order chi connectivity index (χ1) is 18.2. The fourth-order valence-electron chi connectivity index (χ4n) is 3.42. The van der Waals surface area contributed by atoms with E-state index in [1.807, 2.05) is 97.9 Å². The van der Waals surface area contributed by atoms with Crippen LogP contribution in [0.2, 0.25) is 0 Å². The normalized spacial score (nSPS) is 14.5. The van der Waals surface area contributed by atoms with Gasteiger partial charge in [-0.05, 0) is 30.3 Å². The number of carbonyl (C=O) groups is 1. The number of hydrogen-bond donors (Lipinski definition) is 0. The summed E-state index contributed by atoms with van der Waals surface area (Å²) in [7, 11) is 0.203. The van der Waals surface area contributed by atoms with E-state index in [1.54, 1.807) is 11.8 Å². The Morgan fingerprint density at radius 3 is 1.48 bits per heavy atom. The van der Waals surface area contributed by atoms with Crippen LogP contribution in [0, 0.1) is 20.8 Å². The van der Waals surface area contributed by atoms with Crippen LogP contribution >= 0.6 is 11.8 Å². The van der Waals surface area contributed by atoms with Gasteiger partial charge in [0.05, 0.1) is 16.8 Å². The summed E-state index contributed by atoms with van der Waals surface area (Å²) in [6.07, 6.45) is 10.4. The van der Waals surface area contributed by atoms with Crippen LogP contribution in [0.15, 0.2) is 124 Å². The van der Waals surface area contributed by atoms with Crippen molar-refractivity contribution < 1.29 is 37.5 Å². The van der Waals surface area contributed by atoms with Gasteiger partial charge in [0.25, 0.3) is 0 Å². The molecule has 2 unspecified atom stereocenters. The fourth-order valence-corrected chi connectivity index (χ4v) is 6.10. The summed E-state index contributed by atoms with van der Waals surface area (Å²) < 4.78 is 0. The minimum Gasteiger partial charge on any atom is -0.358 e. The molecule has 1 nitrogen and oxygen atoms in total. The molecule has 3 aromatic carbocycles. The third-order valence-corrected chi connectivity index (χ3v) is 8.29. The number of Topliss-reactive ketones (excluding diaryl/α,β-unsaturated/α-hetero) is 1. The third kappa shape index (κ3) is 14.5. The number of thioether (sulfide) groups is 1. The predicted molar refractivity (Wildman–Crippen MR) is 183 cm³/mol. The number of rotatable bonds is 2. The van der Waals surface area contributed by atoms with Crippen molar-refractivity contribution in [2.45, 2.75) is 75.3 Å². The van der Waals surface area contributed by atoms with Crippen molar-refractivity contribution in [3.8, 4) is 0 Å². The molecule has 0 bridgehead atoms. The average molecular weight is 655 g/mol. The van der Waals surface area contributed by atoms with Gasteiger partial charge in [-0.25, -0.2) is 0 Å². The molecule has 0 amide bonds. The number of benzene rings is 3. The Morgan fingerprint density at radius 2 is 1.00 bits per heavy atom. The van der Waals surface area contributed by atoms with E-state index in [-0.39, 0.29) is 75.4 Å². The maximum absolute atomic E-state index is 12.2. The van der Waals surface area contributed by atoms with Crippen molar-refractivity contribution >= 4 is 28.4 Å². The van der Waals surface area contributed by atoms with Crippen LogP contribution in [0.1, 0.15) is 65.7 Å². The van der Waals surface area contributed by atoms with Gasteiger partial charge in [-0.15, -0.1) is 11.8 Å². The van der Waals surface area contributed by atoms with Crippen molar-refractivity contribution in [1.29, 1.82) is 0 Å². The van der Waals surface area contributed by atoms with Gasteiger partial charge in [0.1, 0.15) is 6.26 Å². The van der Waals surface area contributed by atoms with Gasteiger partial charge in [0.2, 0.25) is 0 Å². The smallest absolute Gasteiger partial charge is 0.172 e. The van der Waals surface area contributed by atoms with Gasteiger partial charge >= 0.3 is 0 Å². The van der Waals surface area contributed by atoms with Crippen molar-refractivity contribution in [2.24, 2.45) is 5.92 Å². The van der Waals surface area contributed by atoms with Crippen LogP contribution in [-0.2, 0) is 43.6 Å². The Labute approximate surface area is 281 Å². The van der Waals surface area contributed by atoms with E-state index in [4.69, 9.17) is 0 Å². The van der Waals surface area contributed by atoms with Crippen LogP contribution in [0.3, 0.4) is 0 Å². The molecule has 2 aliphatic rings. The van der Waals surface area contributed by atoms with Crippen molar-refractivity contribution in [1.82, 2.24) is 0 Å². The SMILES string of the molecule is CC.CC.CC.CC.C[S+](c1ccccc1)c1ccccc1.O=C1c2ccccc2SC2C=CC=CC12.[CH3-].[CH3-].[Y]. The van der Waals surface area contributed by atoms with Gasteiger partial charge in [-0.2, -0.15) is 0 Å². The summed E-state index contributed by atoms with van der Waals surface area (Å²) in [5, 5.41) is 0.289. The molecule has 1 aliphatic carbocycles. The molecule has 0 spiro atoms. The van der Waals surface area contributed by atoms with E-state index in [0.29, 0.717) is 0 Å². The zero-order chi connectivity index (χ0) is 28.1. The van der Waals surface area contributed by atoms with Gasteiger partial charge < -0.3 is 14.9 Å². The topological polar surface area (TPSA) is 17.1 Å². The Bertz CT molecular complexity index is 993. The second kappa shape index (κ2) is 29.1. The number of allylic oxidation sites excluding steroid dienone is 3. The van der Waals surface area contributed by atoms with E-state index in [1.165, 1.54) is 9.79 Å². The van der Waals surface area contributed by atoms with Gasteiger partial charge in [0.15, 0.2) is 15.6 Å². The molecule has 1 heterocycles. The molecular formula is C36H53OS2Y-. The maximum atomic E-state index is 12.2. The Morgan fingerprint density at radius 1 is 0.600 bits per heavy atom. The molecule has 2 atom stereocenters. The van der Waals surface area contributed by atoms with Crippen LogP contribution in [0.4, 0.5) is 0 Å². The van der Waals surface area contributed by atoms with Crippen LogP contribution in [0.25, 0.3) is 0 Å². The average Bonchev–Trinajstić information content (AvgIpc) is 3.02. The summed E-state index contributed by atoms with van der Waals surface area (Å²) >= 11 is 1.79. The molecule has 3 aromatic rings. The van der Waals surface area contributed by atoms with E-state index >= 15 is 0 Å². The van der Waals surface area contributed by atoms with Crippen molar-refractivity contribution in [3.63, 3.8) is 0 Å². The third-order valence-electron chi connectivity index (χ3n) is 5.00. The molecular weight excluding hydrogens is 601 g/mol. The standard InChI is InChI=1S/C13H10OS.C13H13S.4C2H6.2CH3.Y/c14-13-9-5-1-3-7-11(9)15-12-8-4-2-6-10(12)13;1-14(12-8-4-2-5-9-12)13-10-6-3-7-11-13;4*1-2;;;/h1-9,11H;2-11H,1H3;4*1-2H3;2*1H3;/q;+1;;;;;2*-1;. The molecule has 0 saturated carbocycles. The largest absolute Gasteiger partial charge is 0.358 e. The van der Waals surface area contributed by atoms with Gasteiger partial charge in [0, 0.05) is 48.4 Å². The molecule has 219 valence electrons. The predicted octanol–water partition coefficient (Wildman–Crippen LogP) is 11.4. The van der Waals surface area contributed by atoms with E-state index < -0.39 is 0 Å². The Kier molecular flexibility index (Phi) is 33.2. The molecule has 4 heteroatoms. The summed E-state index contributed by atoms with van der Waals surface area (Å²) in [5.41, 5.74) is 0.878. The monoisotopic (exact) mass is 654 g/mol. The van der Waals surface area contributed by atoms with Crippen LogP contribution in [-0.4, -0.2) is 17.3 Å². The quantitative estimate of drug-likeness (QED) is 0.202. The molecule has 1 radical (unpaired) electrons. The maximum Gasteiger partial charge on any atom is 0.172 e. The zero-order valence-corrected chi connectivity index (χ0v) is 31.3. The molecule has 40 heavy (non-hydrogen) atoms. The molecule has 0 saturated heterocycles. The Hall–Kier alpha value is -1.39. The number of ketones is 1. The molecule has 5 rings (SSSR count). The first-order valence-corrected chi connectivity index (χ1v) is 16.2. The summed E-state index contributed by atoms with van der Waals surface area (Å²) in [6, 6.07) is 29.2. The second-order valence-corrected chi connectivity index (χ2v) is 10.1.